The Hall–Kier alpha value is -1.92. The van der Waals surface area contributed by atoms with Crippen LogP contribution in [0.15, 0.2) is 0 Å². The van der Waals surface area contributed by atoms with Crippen LogP contribution in [0.1, 0.15) is 38.3 Å². The molecule has 0 radical (unpaired) electrons. The van der Waals surface area contributed by atoms with Gasteiger partial charge in [0.05, 0.1) is 4.92 Å². The van der Waals surface area contributed by atoms with Crippen LogP contribution in [0.2, 0.25) is 0 Å². The van der Waals surface area contributed by atoms with Gasteiger partial charge in [-0.2, -0.15) is 5.10 Å². The Balaban J connectivity index is 2.33. The number of aromatic nitrogens is 2. The number of ketones is 1. The van der Waals surface area contributed by atoms with Crippen LogP contribution < -0.4 is 4.90 Å². The van der Waals surface area contributed by atoms with Gasteiger partial charge in [0.15, 0.2) is 0 Å². The average molecular weight is 280 g/mol. The second-order valence-electron chi connectivity index (χ2n) is 5.23. The van der Waals surface area contributed by atoms with Gasteiger partial charge >= 0.3 is 5.69 Å². The molecular weight excluding hydrogens is 260 g/mol. The molecule has 1 aromatic heterocycles. The third-order valence-electron chi connectivity index (χ3n) is 3.97. The molecular formula is C13H20N4O3. The molecule has 0 aromatic carbocycles. The fourth-order valence-electron chi connectivity index (χ4n) is 2.86. The maximum atomic E-state index is 11.3. The summed E-state index contributed by atoms with van der Waals surface area (Å²) in [5.74, 6) is 0.814. The Morgan fingerprint density at radius 3 is 2.55 bits per heavy atom. The fraction of sp³-hybridized carbons (Fsp3) is 0.692. The predicted molar refractivity (Wildman–Crippen MR) is 74.9 cm³/mol. The van der Waals surface area contributed by atoms with Crippen LogP contribution >= 0.6 is 0 Å². The largest absolute Gasteiger partial charge is 0.351 e. The van der Waals surface area contributed by atoms with Crippen LogP contribution in [0.25, 0.3) is 0 Å². The van der Waals surface area contributed by atoms with Gasteiger partial charge in [-0.3, -0.25) is 14.9 Å². The highest BCUT2D eigenvalue weighted by Gasteiger charge is 2.32. The van der Waals surface area contributed by atoms with Crippen LogP contribution in [0.4, 0.5) is 11.5 Å². The van der Waals surface area contributed by atoms with E-state index in [0.29, 0.717) is 30.8 Å². The summed E-state index contributed by atoms with van der Waals surface area (Å²) < 4.78 is 1.58. The summed E-state index contributed by atoms with van der Waals surface area (Å²) in [7, 11) is 3.58. The number of aryl methyl sites for hydroxylation is 2. The summed E-state index contributed by atoms with van der Waals surface area (Å²) in [5, 5.41) is 15.6. The summed E-state index contributed by atoms with van der Waals surface area (Å²) >= 11 is 0. The molecule has 7 heteroatoms. The minimum atomic E-state index is -0.356. The Labute approximate surface area is 117 Å². The molecule has 0 spiro atoms. The number of Topliss-reactive ketones (excluding diaryl/α,β-unsaturated/α-hetero) is 1. The molecule has 1 heterocycles. The number of carbonyl (C=O) groups excluding carboxylic acids is 1. The van der Waals surface area contributed by atoms with Gasteiger partial charge in [0.25, 0.3) is 0 Å². The molecule has 1 fully saturated rings. The lowest BCUT2D eigenvalue weighted by Crippen LogP contribution is -2.36. The molecule has 1 aliphatic carbocycles. The van der Waals surface area contributed by atoms with E-state index in [-0.39, 0.29) is 22.4 Å². The standard InChI is InChI=1S/C13H20N4O3/c1-4-11-12(17(19)20)13(16(3)14-11)15(2)9-5-7-10(18)8-6-9/h9H,4-8H2,1-3H3. The summed E-state index contributed by atoms with van der Waals surface area (Å²) in [6.07, 6.45) is 3.14. The van der Waals surface area contributed by atoms with E-state index >= 15 is 0 Å². The molecule has 0 atom stereocenters. The van der Waals surface area contributed by atoms with E-state index in [0.717, 1.165) is 12.8 Å². The number of anilines is 1. The topological polar surface area (TPSA) is 81.3 Å². The van der Waals surface area contributed by atoms with Crippen molar-refractivity contribution in [3.8, 4) is 0 Å². The van der Waals surface area contributed by atoms with Crippen LogP contribution in [0.3, 0.4) is 0 Å². The van der Waals surface area contributed by atoms with Crippen molar-refractivity contribution < 1.29 is 9.72 Å². The Morgan fingerprint density at radius 1 is 1.45 bits per heavy atom. The number of rotatable bonds is 4. The molecule has 0 amide bonds. The predicted octanol–water partition coefficient (Wildman–Crippen LogP) is 1.84. The SMILES string of the molecule is CCc1nn(C)c(N(C)C2CCC(=O)CC2)c1[N+](=O)[O-]. The number of nitrogens with zero attached hydrogens (tertiary/aromatic N) is 4. The number of hydrogen-bond donors (Lipinski definition) is 0. The summed E-state index contributed by atoms with van der Waals surface area (Å²) in [6.45, 7) is 1.86. The number of carbonyl (C=O) groups is 1. The summed E-state index contributed by atoms with van der Waals surface area (Å²) in [5.41, 5.74) is 0.598. The molecule has 0 aliphatic heterocycles. The first-order valence-corrected chi connectivity index (χ1v) is 6.90. The smallest absolute Gasteiger partial charge is 0.334 e. The van der Waals surface area contributed by atoms with Crippen molar-refractivity contribution >= 4 is 17.3 Å². The zero-order valence-electron chi connectivity index (χ0n) is 12.1. The highest BCUT2D eigenvalue weighted by molar-refractivity contribution is 5.79. The molecule has 110 valence electrons. The quantitative estimate of drug-likeness (QED) is 0.621. The molecule has 0 N–H and O–H groups in total. The van der Waals surface area contributed by atoms with Crippen LogP contribution in [-0.4, -0.2) is 33.6 Å². The summed E-state index contributed by atoms with van der Waals surface area (Å²) in [4.78, 5) is 24.2. The highest BCUT2D eigenvalue weighted by Crippen LogP contribution is 2.34. The van der Waals surface area contributed by atoms with Gasteiger partial charge in [-0.05, 0) is 19.3 Å². The maximum Gasteiger partial charge on any atom is 0.334 e. The third kappa shape index (κ3) is 2.52. The van der Waals surface area contributed by atoms with Gasteiger partial charge in [-0.25, -0.2) is 4.68 Å². The molecule has 1 aromatic rings. The maximum absolute atomic E-state index is 11.3. The highest BCUT2D eigenvalue weighted by atomic mass is 16.6. The van der Waals surface area contributed by atoms with E-state index in [1.54, 1.807) is 11.7 Å². The van der Waals surface area contributed by atoms with Gasteiger partial charge < -0.3 is 4.90 Å². The molecule has 0 bridgehead atoms. The monoisotopic (exact) mass is 280 g/mol. The average Bonchev–Trinajstić information content (AvgIpc) is 2.75. The molecule has 1 aliphatic rings. The first-order chi connectivity index (χ1) is 9.45. The Morgan fingerprint density at radius 2 is 2.05 bits per heavy atom. The van der Waals surface area contributed by atoms with E-state index in [1.807, 2.05) is 18.9 Å². The molecule has 0 unspecified atom stereocenters. The van der Waals surface area contributed by atoms with Gasteiger partial charge in [0.2, 0.25) is 5.82 Å². The van der Waals surface area contributed by atoms with Crippen LogP contribution in [0, 0.1) is 10.1 Å². The van der Waals surface area contributed by atoms with Crippen molar-refractivity contribution in [3.63, 3.8) is 0 Å². The Bertz CT molecular complexity index is 528. The van der Waals surface area contributed by atoms with Crippen LogP contribution in [0.5, 0.6) is 0 Å². The molecule has 7 nitrogen and oxygen atoms in total. The van der Waals surface area contributed by atoms with E-state index in [9.17, 15) is 14.9 Å². The van der Waals surface area contributed by atoms with Gasteiger partial charge in [-0.15, -0.1) is 0 Å². The van der Waals surface area contributed by atoms with Crippen molar-refractivity contribution in [1.29, 1.82) is 0 Å². The second-order valence-corrected chi connectivity index (χ2v) is 5.23. The van der Waals surface area contributed by atoms with Crippen LogP contribution in [-0.2, 0) is 18.3 Å². The van der Waals surface area contributed by atoms with E-state index in [4.69, 9.17) is 0 Å². The lowest BCUT2D eigenvalue weighted by molar-refractivity contribution is -0.384. The minimum absolute atomic E-state index is 0.0920. The van der Waals surface area contributed by atoms with Gasteiger partial charge in [0, 0.05) is 33.0 Å². The minimum Gasteiger partial charge on any atom is -0.351 e. The molecule has 0 saturated heterocycles. The molecule has 1 saturated carbocycles. The Kier molecular flexibility index (Phi) is 4.06. The van der Waals surface area contributed by atoms with Crippen molar-refractivity contribution in [2.75, 3.05) is 11.9 Å². The fourth-order valence-corrected chi connectivity index (χ4v) is 2.86. The van der Waals surface area contributed by atoms with E-state index in [1.165, 1.54) is 0 Å². The van der Waals surface area contributed by atoms with Crippen molar-refractivity contribution in [3.05, 3.63) is 15.8 Å². The zero-order chi connectivity index (χ0) is 14.9. The van der Waals surface area contributed by atoms with Gasteiger partial charge in [0.1, 0.15) is 11.5 Å². The van der Waals surface area contributed by atoms with Gasteiger partial charge in [-0.1, -0.05) is 6.92 Å². The first kappa shape index (κ1) is 14.5. The molecule has 20 heavy (non-hydrogen) atoms. The van der Waals surface area contributed by atoms with Crippen molar-refractivity contribution in [2.45, 2.75) is 45.1 Å². The lowest BCUT2D eigenvalue weighted by atomic mass is 9.93. The first-order valence-electron chi connectivity index (χ1n) is 6.90. The number of hydrogen-bond acceptors (Lipinski definition) is 5. The summed E-state index contributed by atoms with van der Waals surface area (Å²) in [6, 6.07) is 0.159. The zero-order valence-corrected chi connectivity index (χ0v) is 12.1. The third-order valence-corrected chi connectivity index (χ3v) is 3.97. The number of nitro groups is 1. The van der Waals surface area contributed by atoms with Crippen molar-refractivity contribution in [2.24, 2.45) is 7.05 Å². The lowest BCUT2D eigenvalue weighted by Gasteiger charge is -2.31. The van der Waals surface area contributed by atoms with Crippen molar-refractivity contribution in [1.82, 2.24) is 9.78 Å². The normalized spacial score (nSPS) is 16.4. The second kappa shape index (κ2) is 5.60. The van der Waals surface area contributed by atoms with E-state index in [2.05, 4.69) is 5.10 Å². The molecule has 2 rings (SSSR count). The van der Waals surface area contributed by atoms with E-state index < -0.39 is 0 Å².